The number of aromatic nitrogens is 2. The number of hydrogen-bond acceptors (Lipinski definition) is 6. The van der Waals surface area contributed by atoms with Crippen LogP contribution in [0, 0.1) is 22.2 Å². The highest BCUT2D eigenvalue weighted by molar-refractivity contribution is 5.92. The number of furan rings is 1. The summed E-state index contributed by atoms with van der Waals surface area (Å²) in [5.41, 5.74) is 3.59. The van der Waals surface area contributed by atoms with Crippen molar-refractivity contribution in [3.05, 3.63) is 86.8 Å². The van der Waals surface area contributed by atoms with Gasteiger partial charge in [0.05, 0.1) is 12.3 Å². The number of nitro groups is 1. The number of nitrogens with zero attached hydrogens (tertiary/aromatic N) is 4. The lowest BCUT2D eigenvalue weighted by Crippen LogP contribution is -2.36. The van der Waals surface area contributed by atoms with Crippen molar-refractivity contribution in [1.29, 1.82) is 0 Å². The number of hydrogen-bond donors (Lipinski definition) is 1. The van der Waals surface area contributed by atoms with Crippen molar-refractivity contribution in [2.24, 2.45) is 5.10 Å². The second kappa shape index (κ2) is 7.52. The van der Waals surface area contributed by atoms with Crippen LogP contribution in [0.4, 0.5) is 5.88 Å². The molecule has 10 nitrogen and oxygen atoms in total. The molecule has 1 amide bonds. The van der Waals surface area contributed by atoms with Gasteiger partial charge in [-0.1, -0.05) is 30.3 Å². The third kappa shape index (κ3) is 4.00. The molecule has 0 unspecified atom stereocenters. The van der Waals surface area contributed by atoms with E-state index < -0.39 is 16.7 Å². The van der Waals surface area contributed by atoms with E-state index in [0.29, 0.717) is 17.0 Å². The van der Waals surface area contributed by atoms with Crippen LogP contribution in [0.3, 0.4) is 0 Å². The number of hydrazone groups is 1. The van der Waals surface area contributed by atoms with E-state index in [4.69, 9.17) is 4.42 Å². The third-order valence-corrected chi connectivity index (χ3v) is 3.80. The number of amides is 1. The number of nitrogens with one attached hydrogen (secondary N) is 1. The summed E-state index contributed by atoms with van der Waals surface area (Å²) in [6.07, 6.45) is 2.40. The first-order chi connectivity index (χ1) is 13.0. The molecule has 27 heavy (non-hydrogen) atoms. The molecule has 0 spiro atoms. The molecule has 2 aromatic heterocycles. The fourth-order valence-corrected chi connectivity index (χ4v) is 2.49. The van der Waals surface area contributed by atoms with E-state index in [1.807, 2.05) is 30.3 Å². The van der Waals surface area contributed by atoms with Crippen molar-refractivity contribution in [2.45, 2.75) is 13.5 Å². The normalized spacial score (nSPS) is 11.0. The van der Waals surface area contributed by atoms with Gasteiger partial charge >= 0.3 is 11.8 Å². The highest BCUT2D eigenvalue weighted by atomic mass is 16.6. The first-order valence-electron chi connectivity index (χ1n) is 7.86. The van der Waals surface area contributed by atoms with Gasteiger partial charge in [0.1, 0.15) is 11.5 Å². The van der Waals surface area contributed by atoms with Gasteiger partial charge in [-0.25, -0.2) is 14.7 Å². The second-order valence-corrected chi connectivity index (χ2v) is 5.62. The van der Waals surface area contributed by atoms with E-state index in [1.54, 1.807) is 11.5 Å². The predicted octanol–water partition coefficient (Wildman–Crippen LogP) is 1.74. The maximum absolute atomic E-state index is 12.3. The van der Waals surface area contributed by atoms with Gasteiger partial charge in [-0.15, -0.1) is 0 Å². The molecule has 0 aliphatic carbocycles. The van der Waals surface area contributed by atoms with Crippen LogP contribution in [-0.4, -0.2) is 21.6 Å². The quantitative estimate of drug-likeness (QED) is 0.233. The van der Waals surface area contributed by atoms with Crippen LogP contribution in [0.15, 0.2) is 58.3 Å². The lowest BCUT2D eigenvalue weighted by atomic mass is 10.2. The molecule has 1 N–H and O–H groups in total. The molecule has 0 radical (unpaired) electrons. The molecule has 0 saturated heterocycles. The van der Waals surface area contributed by atoms with Crippen LogP contribution in [0.1, 0.15) is 27.5 Å². The molecule has 0 atom stereocenters. The standard InChI is InChI=1S/C17H15N5O5/c1-12-16(21(24)11-20(12)10-13-5-3-2-4-6-13)17(23)19-18-9-14-7-8-15(27-14)22(25)26/h2-9,11H,10H2,1H3,(H,19,23)/b18-9-. The van der Waals surface area contributed by atoms with Gasteiger partial charge in [0.2, 0.25) is 12.0 Å². The third-order valence-electron chi connectivity index (χ3n) is 3.80. The molecule has 0 aliphatic rings. The van der Waals surface area contributed by atoms with Crippen LogP contribution in [0.25, 0.3) is 0 Å². The summed E-state index contributed by atoms with van der Waals surface area (Å²) >= 11 is 0. The van der Waals surface area contributed by atoms with Crippen LogP contribution in [0.5, 0.6) is 0 Å². The summed E-state index contributed by atoms with van der Waals surface area (Å²) in [4.78, 5) is 22.1. The number of carbonyl (C=O) groups excluding carboxylic acids is 1. The molecular formula is C17H15N5O5. The van der Waals surface area contributed by atoms with Crippen molar-refractivity contribution in [3.8, 4) is 0 Å². The number of imidazole rings is 1. The topological polar surface area (TPSA) is 130 Å². The largest absolute Gasteiger partial charge is 0.710 e. The zero-order valence-corrected chi connectivity index (χ0v) is 14.2. The number of carbonyl (C=O) groups is 1. The molecule has 0 bridgehead atoms. The number of benzene rings is 1. The Hall–Kier alpha value is -3.95. The lowest BCUT2D eigenvalue weighted by Gasteiger charge is -2.01. The van der Waals surface area contributed by atoms with Crippen molar-refractivity contribution in [1.82, 2.24) is 9.99 Å². The zero-order valence-electron chi connectivity index (χ0n) is 14.2. The minimum atomic E-state index is -0.702. The molecule has 0 fully saturated rings. The van der Waals surface area contributed by atoms with E-state index in [-0.39, 0.29) is 11.5 Å². The minimum Gasteiger partial charge on any atom is -0.710 e. The maximum Gasteiger partial charge on any atom is 0.433 e. The fourth-order valence-electron chi connectivity index (χ4n) is 2.49. The Labute approximate surface area is 153 Å². The van der Waals surface area contributed by atoms with Crippen LogP contribution >= 0.6 is 0 Å². The Morgan fingerprint density at radius 2 is 2.07 bits per heavy atom. The average molecular weight is 369 g/mol. The Kier molecular flexibility index (Phi) is 4.97. The van der Waals surface area contributed by atoms with E-state index >= 15 is 0 Å². The number of rotatable bonds is 6. The van der Waals surface area contributed by atoms with Crippen molar-refractivity contribution in [2.75, 3.05) is 0 Å². The van der Waals surface area contributed by atoms with E-state index in [0.717, 1.165) is 11.8 Å². The Morgan fingerprint density at radius 3 is 2.74 bits per heavy atom. The van der Waals surface area contributed by atoms with Crippen molar-refractivity contribution >= 4 is 18.0 Å². The van der Waals surface area contributed by atoms with Crippen molar-refractivity contribution < 1.29 is 18.9 Å². The van der Waals surface area contributed by atoms with Gasteiger partial charge < -0.3 is 9.62 Å². The molecule has 3 aromatic rings. The van der Waals surface area contributed by atoms with E-state index in [9.17, 15) is 20.1 Å². The monoisotopic (exact) mass is 369 g/mol. The Bertz CT molecular complexity index is 1010. The molecule has 10 heteroatoms. The highest BCUT2D eigenvalue weighted by Gasteiger charge is 2.23. The molecule has 0 aliphatic heterocycles. The predicted molar refractivity (Wildman–Crippen MR) is 94.1 cm³/mol. The summed E-state index contributed by atoms with van der Waals surface area (Å²) in [5.74, 6) is -1.05. The SMILES string of the molecule is Cc1c(C(=O)N/N=C\c2ccc([N+](=O)[O-])o2)[n+]([O-])cn1Cc1ccccc1. The molecule has 3 rings (SSSR count). The van der Waals surface area contributed by atoms with Crippen LogP contribution < -0.4 is 10.2 Å². The molecule has 138 valence electrons. The average Bonchev–Trinajstić information content (AvgIpc) is 3.21. The summed E-state index contributed by atoms with van der Waals surface area (Å²) in [5, 5.41) is 26.3. The Morgan fingerprint density at radius 1 is 1.33 bits per heavy atom. The van der Waals surface area contributed by atoms with Gasteiger partial charge in [-0.2, -0.15) is 5.10 Å². The second-order valence-electron chi connectivity index (χ2n) is 5.62. The molecule has 1 aromatic carbocycles. The summed E-state index contributed by atoms with van der Waals surface area (Å²) in [6, 6.07) is 12.0. The van der Waals surface area contributed by atoms with Gasteiger partial charge in [0.15, 0.2) is 11.5 Å². The molecule has 0 saturated carbocycles. The zero-order chi connectivity index (χ0) is 19.4. The summed E-state index contributed by atoms with van der Waals surface area (Å²) in [6.45, 7) is 2.10. The van der Waals surface area contributed by atoms with E-state index in [1.165, 1.54) is 18.5 Å². The minimum absolute atomic E-state index is 0.0893. The smallest absolute Gasteiger partial charge is 0.433 e. The lowest BCUT2D eigenvalue weighted by molar-refractivity contribution is -0.607. The highest BCUT2D eigenvalue weighted by Crippen LogP contribution is 2.13. The van der Waals surface area contributed by atoms with Gasteiger partial charge in [0, 0.05) is 6.92 Å². The van der Waals surface area contributed by atoms with E-state index in [2.05, 4.69) is 10.5 Å². The summed E-state index contributed by atoms with van der Waals surface area (Å²) < 4.78 is 7.02. The van der Waals surface area contributed by atoms with Gasteiger partial charge in [0.25, 0.3) is 0 Å². The maximum atomic E-state index is 12.3. The van der Waals surface area contributed by atoms with Gasteiger partial charge in [-0.05, 0) is 11.6 Å². The first kappa shape index (κ1) is 17.9. The van der Waals surface area contributed by atoms with Crippen LogP contribution in [-0.2, 0) is 6.54 Å². The fraction of sp³-hybridized carbons (Fsp3) is 0.118. The van der Waals surface area contributed by atoms with Crippen LogP contribution in [0.2, 0.25) is 0 Å². The Balaban J connectivity index is 1.71. The summed E-state index contributed by atoms with van der Waals surface area (Å²) in [7, 11) is 0. The van der Waals surface area contributed by atoms with Gasteiger partial charge in [-0.3, -0.25) is 14.9 Å². The molecule has 2 heterocycles. The molecular weight excluding hydrogens is 354 g/mol. The van der Waals surface area contributed by atoms with Crippen molar-refractivity contribution in [3.63, 3.8) is 0 Å². The first-order valence-corrected chi connectivity index (χ1v) is 7.86.